The van der Waals surface area contributed by atoms with Crippen LogP contribution in [0, 0.1) is 5.82 Å². The number of hydrogen-bond donors (Lipinski definition) is 0. The number of aromatic nitrogens is 3. The van der Waals surface area contributed by atoms with Gasteiger partial charge in [-0.3, -0.25) is 19.1 Å². The molecule has 2 aromatic rings. The lowest BCUT2D eigenvalue weighted by Crippen LogP contribution is -2.54. The number of amides is 1. The summed E-state index contributed by atoms with van der Waals surface area (Å²) in [5.74, 6) is -0.932. The molecule has 0 radical (unpaired) electrons. The molecule has 1 aromatic heterocycles. The summed E-state index contributed by atoms with van der Waals surface area (Å²) >= 11 is 0. The van der Waals surface area contributed by atoms with Gasteiger partial charge in [0.05, 0.1) is 5.69 Å². The van der Waals surface area contributed by atoms with Crippen LogP contribution in [0.5, 0.6) is 0 Å². The van der Waals surface area contributed by atoms with Crippen LogP contribution in [-0.2, 0) is 7.05 Å². The molecule has 160 valence electrons. The second-order valence-electron chi connectivity index (χ2n) is 8.00. The smallest absolute Gasteiger partial charge is 0.335 e. The minimum absolute atomic E-state index is 0.285. The highest BCUT2D eigenvalue weighted by atomic mass is 19.1. The number of rotatable bonds is 3. The minimum atomic E-state index is -0.724. The number of halogens is 1. The lowest BCUT2D eigenvalue weighted by molar-refractivity contribution is 0.0514. The average Bonchev–Trinajstić information content (AvgIpc) is 2.79. The molecule has 0 atom stereocenters. The van der Waals surface area contributed by atoms with E-state index >= 15 is 0 Å². The van der Waals surface area contributed by atoms with Gasteiger partial charge in [0.25, 0.3) is 11.5 Å². The van der Waals surface area contributed by atoms with Crippen LogP contribution < -0.4 is 11.2 Å². The van der Waals surface area contributed by atoms with E-state index in [2.05, 4.69) is 10.00 Å². The van der Waals surface area contributed by atoms with E-state index in [1.54, 1.807) is 4.90 Å². The van der Waals surface area contributed by atoms with Gasteiger partial charge >= 0.3 is 5.69 Å². The molecule has 1 aromatic carbocycles. The van der Waals surface area contributed by atoms with Crippen molar-refractivity contribution < 1.29 is 9.18 Å². The summed E-state index contributed by atoms with van der Waals surface area (Å²) in [6, 6.07) is 5.74. The molecule has 1 amide bonds. The number of piperazine rings is 1. The lowest BCUT2D eigenvalue weighted by Gasteiger charge is -2.40. The van der Waals surface area contributed by atoms with Gasteiger partial charge in [0.1, 0.15) is 5.82 Å². The van der Waals surface area contributed by atoms with Crippen molar-refractivity contribution in [2.45, 2.75) is 38.1 Å². The van der Waals surface area contributed by atoms with Crippen molar-refractivity contribution in [1.82, 2.24) is 24.1 Å². The minimum Gasteiger partial charge on any atom is -0.335 e. The fourth-order valence-corrected chi connectivity index (χ4v) is 4.34. The van der Waals surface area contributed by atoms with E-state index in [9.17, 15) is 18.8 Å². The molecule has 1 aliphatic heterocycles. The molecular weight excluding hydrogens is 389 g/mol. The predicted octanol–water partition coefficient (Wildman–Crippen LogP) is 1.16. The number of benzene rings is 1. The van der Waals surface area contributed by atoms with Gasteiger partial charge in [-0.2, -0.15) is 9.78 Å². The van der Waals surface area contributed by atoms with Crippen LogP contribution in [0.1, 0.15) is 42.6 Å². The molecule has 0 unspecified atom stereocenters. The zero-order valence-corrected chi connectivity index (χ0v) is 17.1. The molecule has 1 saturated carbocycles. The van der Waals surface area contributed by atoms with Crippen LogP contribution >= 0.6 is 0 Å². The lowest BCUT2D eigenvalue weighted by atomic mass is 9.94. The topological polar surface area (TPSA) is 80.4 Å². The second kappa shape index (κ2) is 8.51. The van der Waals surface area contributed by atoms with Crippen LogP contribution in [0.15, 0.2) is 33.9 Å². The van der Waals surface area contributed by atoms with Crippen molar-refractivity contribution in [1.29, 1.82) is 0 Å². The molecule has 2 aliphatic rings. The molecular formula is C21H26FN5O3. The molecule has 2 heterocycles. The summed E-state index contributed by atoms with van der Waals surface area (Å²) in [4.78, 5) is 42.2. The van der Waals surface area contributed by atoms with E-state index in [0.29, 0.717) is 19.1 Å². The Kier molecular flexibility index (Phi) is 5.80. The van der Waals surface area contributed by atoms with Gasteiger partial charge < -0.3 is 4.90 Å². The monoisotopic (exact) mass is 415 g/mol. The van der Waals surface area contributed by atoms with Gasteiger partial charge in [0.2, 0.25) is 5.69 Å². The van der Waals surface area contributed by atoms with Gasteiger partial charge in [-0.25, -0.2) is 9.18 Å². The summed E-state index contributed by atoms with van der Waals surface area (Å²) in [5, 5.41) is 4.06. The zero-order valence-electron chi connectivity index (χ0n) is 17.1. The largest absolute Gasteiger partial charge is 0.351 e. The first-order chi connectivity index (χ1) is 14.5. The molecule has 2 fully saturated rings. The SMILES string of the molecule is Cn1c(=O)c(C(=O)N2CCN(C3CCCCC3)CC2)nn(-c2ccc(F)cc2)c1=O. The molecule has 1 aliphatic carbocycles. The summed E-state index contributed by atoms with van der Waals surface area (Å²) < 4.78 is 15.1. The fourth-order valence-electron chi connectivity index (χ4n) is 4.34. The summed E-state index contributed by atoms with van der Waals surface area (Å²) in [6.45, 7) is 2.59. The predicted molar refractivity (Wildman–Crippen MR) is 109 cm³/mol. The molecule has 30 heavy (non-hydrogen) atoms. The highest BCUT2D eigenvalue weighted by molar-refractivity contribution is 5.91. The molecule has 8 nitrogen and oxygen atoms in total. The van der Waals surface area contributed by atoms with Gasteiger partial charge in [-0.1, -0.05) is 19.3 Å². The van der Waals surface area contributed by atoms with E-state index in [4.69, 9.17) is 0 Å². The first-order valence-corrected chi connectivity index (χ1v) is 10.5. The third kappa shape index (κ3) is 3.94. The fraction of sp³-hybridized carbons (Fsp3) is 0.524. The van der Waals surface area contributed by atoms with E-state index < -0.39 is 23.0 Å². The van der Waals surface area contributed by atoms with E-state index in [1.807, 2.05) is 0 Å². The van der Waals surface area contributed by atoms with E-state index in [1.165, 1.54) is 63.4 Å². The Labute approximate surface area is 173 Å². The first kappa shape index (κ1) is 20.5. The third-order valence-corrected chi connectivity index (χ3v) is 6.14. The quantitative estimate of drug-likeness (QED) is 0.752. The maximum Gasteiger partial charge on any atom is 0.351 e. The van der Waals surface area contributed by atoms with Crippen LogP contribution in [0.3, 0.4) is 0 Å². The summed E-state index contributed by atoms with van der Waals surface area (Å²) in [6.07, 6.45) is 6.23. The van der Waals surface area contributed by atoms with Crippen LogP contribution in [-0.4, -0.2) is 62.3 Å². The number of hydrogen-bond acceptors (Lipinski definition) is 5. The van der Waals surface area contributed by atoms with Crippen molar-refractivity contribution in [3.05, 3.63) is 56.6 Å². The molecule has 0 spiro atoms. The van der Waals surface area contributed by atoms with Crippen molar-refractivity contribution >= 4 is 5.91 Å². The van der Waals surface area contributed by atoms with Crippen molar-refractivity contribution in [2.75, 3.05) is 26.2 Å². The Bertz CT molecular complexity index is 1030. The maximum atomic E-state index is 13.2. The van der Waals surface area contributed by atoms with Gasteiger partial charge in [-0.15, -0.1) is 0 Å². The Morgan fingerprint density at radius 1 is 1.00 bits per heavy atom. The number of nitrogens with zero attached hydrogens (tertiary/aromatic N) is 5. The highest BCUT2D eigenvalue weighted by Gasteiger charge is 2.30. The Balaban J connectivity index is 1.56. The van der Waals surface area contributed by atoms with Crippen LogP contribution in [0.2, 0.25) is 0 Å². The highest BCUT2D eigenvalue weighted by Crippen LogP contribution is 2.23. The Morgan fingerprint density at radius 3 is 2.27 bits per heavy atom. The van der Waals surface area contributed by atoms with Crippen molar-refractivity contribution in [3.8, 4) is 5.69 Å². The maximum absolute atomic E-state index is 13.2. The average molecular weight is 415 g/mol. The molecule has 0 N–H and O–H groups in total. The molecule has 9 heteroatoms. The standard InChI is InChI=1S/C21H26FN5O3/c1-24-19(28)18(23-27(21(24)30)17-9-7-15(22)8-10-17)20(29)26-13-11-25(12-14-26)16-5-3-2-4-6-16/h7-10,16H,2-6,11-14H2,1H3. The third-order valence-electron chi connectivity index (χ3n) is 6.14. The Hall–Kier alpha value is -2.81. The van der Waals surface area contributed by atoms with Crippen LogP contribution in [0.25, 0.3) is 5.69 Å². The molecule has 1 saturated heterocycles. The summed E-state index contributed by atoms with van der Waals surface area (Å²) in [5.41, 5.74) is -1.43. The van der Waals surface area contributed by atoms with Crippen LogP contribution in [0.4, 0.5) is 4.39 Å². The zero-order chi connectivity index (χ0) is 21.3. The second-order valence-corrected chi connectivity index (χ2v) is 8.00. The molecule has 0 bridgehead atoms. The Morgan fingerprint density at radius 2 is 1.63 bits per heavy atom. The molecule has 4 rings (SSSR count). The number of carbonyl (C=O) groups excluding carboxylic acids is 1. The van der Waals surface area contributed by atoms with E-state index in [0.717, 1.165) is 22.3 Å². The normalized spacial score (nSPS) is 18.5. The van der Waals surface area contributed by atoms with E-state index in [-0.39, 0.29) is 11.4 Å². The van der Waals surface area contributed by atoms with Crippen molar-refractivity contribution in [2.24, 2.45) is 7.05 Å². The van der Waals surface area contributed by atoms with Gasteiger partial charge in [-0.05, 0) is 37.1 Å². The summed E-state index contributed by atoms with van der Waals surface area (Å²) in [7, 11) is 1.31. The first-order valence-electron chi connectivity index (χ1n) is 10.5. The van der Waals surface area contributed by atoms with Gasteiger partial charge in [0, 0.05) is 39.3 Å². The number of carbonyl (C=O) groups is 1. The van der Waals surface area contributed by atoms with Crippen molar-refractivity contribution in [3.63, 3.8) is 0 Å². The van der Waals surface area contributed by atoms with Gasteiger partial charge in [0.15, 0.2) is 0 Å².